The number of ether oxygens (including phenoxy) is 1. The number of imidazole rings is 1. The van der Waals surface area contributed by atoms with Crippen LogP contribution in [0.2, 0.25) is 0 Å². The second-order valence-electron chi connectivity index (χ2n) is 18.9. The molecule has 2 aromatic heterocycles. The number of pyridine rings is 1. The van der Waals surface area contributed by atoms with Gasteiger partial charge in [0.1, 0.15) is 16.8 Å². The zero-order valence-electron chi connectivity index (χ0n) is 42.3. The molecule has 9 aromatic rings. The Hall–Kier alpha value is -7.04. The number of nitrogens with zero attached hydrogens (tertiary/aromatic N) is 3. The van der Waals surface area contributed by atoms with Crippen molar-refractivity contribution in [1.82, 2.24) is 4.57 Å². The monoisotopic (exact) mass is 849 g/mol. The Balaban J connectivity index is 1.22. The first-order valence-electron chi connectivity index (χ1n) is 24.8. The Morgan fingerprint density at radius 3 is 1.78 bits per heavy atom. The van der Waals surface area contributed by atoms with Gasteiger partial charge in [-0.3, -0.25) is 0 Å². The fourth-order valence-corrected chi connectivity index (χ4v) is 10.9. The first-order valence-corrected chi connectivity index (χ1v) is 22.8. The van der Waals surface area contributed by atoms with Gasteiger partial charge in [0.15, 0.2) is 23.0 Å². The highest BCUT2D eigenvalue weighted by Gasteiger charge is 2.69. The number of hydrogen-bond acceptors (Lipinski definition) is 1. The van der Waals surface area contributed by atoms with Crippen molar-refractivity contribution in [3.8, 4) is 78.6 Å². The fraction of sp³-hybridized carbons (Fsp3) is 0.213. The molecule has 1 spiro atoms. The van der Waals surface area contributed by atoms with E-state index in [2.05, 4.69) is 153 Å². The van der Waals surface area contributed by atoms with Gasteiger partial charge in [-0.25, -0.2) is 0 Å². The highest BCUT2D eigenvalue weighted by molar-refractivity contribution is 5.99. The molecule has 5 heterocycles. The van der Waals surface area contributed by atoms with E-state index in [0.29, 0.717) is 11.3 Å². The van der Waals surface area contributed by atoms with Crippen LogP contribution in [0.3, 0.4) is 0 Å². The summed E-state index contributed by atoms with van der Waals surface area (Å²) >= 11 is 0. The van der Waals surface area contributed by atoms with Gasteiger partial charge >= 0.3 is 11.7 Å². The predicted molar refractivity (Wildman–Crippen MR) is 266 cm³/mol. The normalized spacial score (nSPS) is 16.7. The van der Waals surface area contributed by atoms with Crippen LogP contribution in [0.4, 0.5) is 0 Å². The Labute approximate surface area is 388 Å². The Bertz CT molecular complexity index is 3580. The van der Waals surface area contributed by atoms with Crippen LogP contribution in [0.1, 0.15) is 112 Å². The standard InChI is InChI=1S/C61H55N3O/c1-36(2)44-31-50(39(7)8)59-53(32-44)60-63(46-27-25-42(26-28-46)56-47(37(3)4)21-15-22-48(56)38(5)6)54-24-16-23-49-51-33-45(41-19-13-10-14-20-41)34-52-55-35-43(40-17-11-9-12-18-40)29-30-62(55)61(65-59,57(51)52)64(60)58(49)54/h9-39H,1-8H3/q+2/i36D,37D,38D,39D. The minimum absolute atomic E-state index is 0.623. The topological polar surface area (TPSA) is 21.9 Å². The van der Waals surface area contributed by atoms with Crippen LogP contribution in [0.15, 0.2) is 164 Å². The van der Waals surface area contributed by atoms with Crippen molar-refractivity contribution in [2.75, 3.05) is 0 Å². The largest absolute Gasteiger partial charge is 0.499 e. The highest BCUT2D eigenvalue weighted by atomic mass is 16.5. The molecule has 12 rings (SSSR count). The second kappa shape index (κ2) is 14.5. The average molecular weight is 850 g/mol. The summed E-state index contributed by atoms with van der Waals surface area (Å²) in [6.45, 7) is 15.3. The zero-order valence-corrected chi connectivity index (χ0v) is 38.3. The van der Waals surface area contributed by atoms with E-state index >= 15 is 0 Å². The quantitative estimate of drug-likeness (QED) is 0.140. The third-order valence-electron chi connectivity index (χ3n) is 14.0. The second-order valence-corrected chi connectivity index (χ2v) is 18.9. The maximum absolute atomic E-state index is 9.77. The number of fused-ring (bicyclic) bond motifs is 5. The highest BCUT2D eigenvalue weighted by Crippen LogP contribution is 2.56. The van der Waals surface area contributed by atoms with E-state index < -0.39 is 29.4 Å². The van der Waals surface area contributed by atoms with E-state index in [9.17, 15) is 5.48 Å². The fourth-order valence-electron chi connectivity index (χ4n) is 10.9. The first-order chi connectivity index (χ1) is 32.7. The van der Waals surface area contributed by atoms with Crippen molar-refractivity contribution in [3.05, 3.63) is 192 Å². The number of para-hydroxylation sites is 1. The molecule has 0 saturated heterocycles. The molecule has 0 aliphatic carbocycles. The van der Waals surface area contributed by atoms with Crippen LogP contribution in [-0.4, -0.2) is 4.57 Å². The third-order valence-corrected chi connectivity index (χ3v) is 14.0. The van der Waals surface area contributed by atoms with Gasteiger partial charge in [-0.1, -0.05) is 159 Å². The molecule has 318 valence electrons. The Kier molecular flexibility index (Phi) is 7.87. The lowest BCUT2D eigenvalue weighted by Crippen LogP contribution is -2.78. The van der Waals surface area contributed by atoms with E-state index in [0.717, 1.165) is 106 Å². The average Bonchev–Trinajstić information content (AvgIpc) is 3.81. The van der Waals surface area contributed by atoms with Gasteiger partial charge in [-0.2, -0.15) is 4.57 Å². The third kappa shape index (κ3) is 5.62. The van der Waals surface area contributed by atoms with E-state index in [4.69, 9.17) is 4.74 Å². The molecule has 7 aromatic carbocycles. The lowest BCUT2D eigenvalue weighted by atomic mass is 9.85. The molecule has 0 saturated carbocycles. The van der Waals surface area contributed by atoms with Gasteiger partial charge in [0.25, 0.3) is 0 Å². The lowest BCUT2D eigenvalue weighted by Gasteiger charge is -2.34. The molecule has 0 fully saturated rings. The molecule has 4 heteroatoms. The van der Waals surface area contributed by atoms with Gasteiger partial charge in [-0.05, 0) is 122 Å². The number of rotatable bonds is 8. The summed E-state index contributed by atoms with van der Waals surface area (Å²) in [4.78, 5) is 0. The molecule has 4 nitrogen and oxygen atoms in total. The van der Waals surface area contributed by atoms with Crippen LogP contribution < -0.4 is 13.9 Å². The summed E-state index contributed by atoms with van der Waals surface area (Å²) in [6.07, 6.45) is 2.18. The molecule has 3 aliphatic heterocycles. The SMILES string of the molecule is [2H]C(C)(C)c1cc2c(c(C([2H])(C)C)c1)OC13c4c(cc(-c5ccccc5)cc4-c4cc(-c5ccccc5)cc[n+]41)-c1cccc4c1[n+]3c-2n4-c1ccc(-c2c(C([2H])(C)C)cccc2C([2H])(C)C)cc1. The van der Waals surface area contributed by atoms with Crippen LogP contribution in [-0.2, 0) is 5.85 Å². The van der Waals surface area contributed by atoms with E-state index in [1.807, 2.05) is 79.7 Å². The summed E-state index contributed by atoms with van der Waals surface area (Å²) in [7, 11) is 0. The maximum Gasteiger partial charge on any atom is 0.499 e. The van der Waals surface area contributed by atoms with E-state index in [1.165, 1.54) is 0 Å². The Morgan fingerprint density at radius 1 is 0.508 bits per heavy atom. The molecule has 0 N–H and O–H groups in total. The van der Waals surface area contributed by atoms with Gasteiger partial charge in [0.2, 0.25) is 5.69 Å². The summed E-state index contributed by atoms with van der Waals surface area (Å²) in [5.74, 6) is -3.62. The smallest absolute Gasteiger partial charge is 0.392 e. The molecule has 3 aliphatic rings. The van der Waals surface area contributed by atoms with Gasteiger partial charge < -0.3 is 4.74 Å². The van der Waals surface area contributed by atoms with Crippen molar-refractivity contribution in [1.29, 1.82) is 0 Å². The van der Waals surface area contributed by atoms with Gasteiger partial charge in [0, 0.05) is 28.7 Å². The number of aromatic nitrogens is 3. The van der Waals surface area contributed by atoms with E-state index in [1.54, 1.807) is 0 Å². The molecule has 0 bridgehead atoms. The van der Waals surface area contributed by atoms with Crippen molar-refractivity contribution >= 4 is 11.0 Å². The summed E-state index contributed by atoms with van der Waals surface area (Å²) in [5, 5.41) is 0. The predicted octanol–water partition coefficient (Wildman–Crippen LogP) is 14.9. The van der Waals surface area contributed by atoms with E-state index in [-0.39, 0.29) is 0 Å². The van der Waals surface area contributed by atoms with Crippen molar-refractivity contribution in [2.45, 2.75) is 84.8 Å². The van der Waals surface area contributed by atoms with Crippen LogP contribution in [0.25, 0.3) is 83.9 Å². The van der Waals surface area contributed by atoms with Gasteiger partial charge in [-0.15, -0.1) is 9.13 Å². The Morgan fingerprint density at radius 2 is 1.14 bits per heavy atom. The summed E-state index contributed by atoms with van der Waals surface area (Å²) in [6, 6.07) is 55.6. The van der Waals surface area contributed by atoms with Gasteiger partial charge in [0.05, 0.1) is 5.56 Å². The number of benzene rings is 7. The van der Waals surface area contributed by atoms with Crippen LogP contribution in [0.5, 0.6) is 5.75 Å². The van der Waals surface area contributed by atoms with Crippen LogP contribution in [0, 0.1) is 0 Å². The molecule has 0 amide bonds. The molecular formula is C61H55N3O+2. The van der Waals surface area contributed by atoms with Crippen molar-refractivity contribution in [3.63, 3.8) is 0 Å². The summed E-state index contributed by atoms with van der Waals surface area (Å²) < 4.78 is 52.6. The van der Waals surface area contributed by atoms with Crippen LogP contribution >= 0.6 is 0 Å². The molecule has 1 atom stereocenters. The minimum atomic E-state index is -1.25. The molecule has 1 unspecified atom stereocenters. The molecule has 0 radical (unpaired) electrons. The number of hydrogen-bond donors (Lipinski definition) is 0. The molecule has 65 heavy (non-hydrogen) atoms. The first kappa shape index (κ1) is 35.3. The maximum atomic E-state index is 9.77. The summed E-state index contributed by atoms with van der Waals surface area (Å²) in [5.41, 5.74) is 18.6. The van der Waals surface area contributed by atoms with Crippen molar-refractivity contribution in [2.24, 2.45) is 0 Å². The lowest BCUT2D eigenvalue weighted by molar-refractivity contribution is -0.997. The molecular weight excluding hydrogens is 791 g/mol. The zero-order chi connectivity index (χ0) is 48.2. The minimum Gasteiger partial charge on any atom is -0.392 e. The van der Waals surface area contributed by atoms with Crippen molar-refractivity contribution < 1.29 is 19.4 Å².